The van der Waals surface area contributed by atoms with Crippen molar-refractivity contribution >= 4 is 22.9 Å². The van der Waals surface area contributed by atoms with E-state index in [1.165, 1.54) is 5.57 Å². The summed E-state index contributed by atoms with van der Waals surface area (Å²) >= 11 is 0. The minimum absolute atomic E-state index is 0.531. The van der Waals surface area contributed by atoms with Crippen molar-refractivity contribution in [2.75, 3.05) is 7.05 Å². The summed E-state index contributed by atoms with van der Waals surface area (Å²) in [5.41, 5.74) is 7.68. The van der Waals surface area contributed by atoms with Gasteiger partial charge in [0.2, 0.25) is 0 Å². The van der Waals surface area contributed by atoms with Crippen LogP contribution in [0, 0.1) is 11.3 Å². The van der Waals surface area contributed by atoms with Crippen LogP contribution in [0.15, 0.2) is 76.4 Å². The predicted molar refractivity (Wildman–Crippen MR) is 130 cm³/mol. The maximum Gasteiger partial charge on any atom is 0.142 e. The number of hydrogen-bond donors (Lipinski definition) is 0. The van der Waals surface area contributed by atoms with E-state index in [2.05, 4.69) is 78.5 Å². The van der Waals surface area contributed by atoms with Crippen molar-refractivity contribution in [2.24, 2.45) is 4.99 Å². The topological polar surface area (TPSA) is 62.2 Å². The van der Waals surface area contributed by atoms with Gasteiger partial charge in [0.25, 0.3) is 0 Å². The van der Waals surface area contributed by atoms with Gasteiger partial charge in [0.15, 0.2) is 0 Å². The molecule has 1 aliphatic rings. The first-order chi connectivity index (χ1) is 15.6. The Balaban J connectivity index is 1.85. The third-order valence-electron chi connectivity index (χ3n) is 5.52. The maximum absolute atomic E-state index is 9.28. The third-order valence-corrected chi connectivity index (χ3v) is 5.52. The lowest BCUT2D eigenvalue weighted by Crippen LogP contribution is -2.23. The molecule has 4 rings (SSSR count). The molecule has 0 saturated carbocycles. The van der Waals surface area contributed by atoms with Gasteiger partial charge < -0.3 is 4.42 Å². The lowest BCUT2D eigenvalue weighted by molar-refractivity contribution is 0.543. The van der Waals surface area contributed by atoms with Crippen LogP contribution in [0.4, 0.5) is 0 Å². The Kier molecular flexibility index (Phi) is 6.28. The van der Waals surface area contributed by atoms with Gasteiger partial charge in [-0.3, -0.25) is 9.98 Å². The fraction of sp³-hybridized carbons (Fsp3) is 0.179. The van der Waals surface area contributed by atoms with Crippen LogP contribution < -0.4 is 10.6 Å². The summed E-state index contributed by atoms with van der Waals surface area (Å²) in [4.78, 5) is 8.41. The number of hydrogen-bond acceptors (Lipinski definition) is 4. The second kappa shape index (κ2) is 9.45. The van der Waals surface area contributed by atoms with Crippen molar-refractivity contribution in [1.82, 2.24) is 4.98 Å². The summed E-state index contributed by atoms with van der Waals surface area (Å²) in [6.45, 7) is 4.25. The van der Waals surface area contributed by atoms with Gasteiger partial charge in [-0.2, -0.15) is 5.26 Å². The number of nitrogens with zero attached hydrogens (tertiary/aromatic N) is 3. The first kappa shape index (κ1) is 21.3. The Morgan fingerprint density at radius 1 is 1.19 bits per heavy atom. The molecular weight excluding hydrogens is 394 g/mol. The molecule has 4 heteroatoms. The van der Waals surface area contributed by atoms with Crippen molar-refractivity contribution < 1.29 is 4.42 Å². The second-order valence-electron chi connectivity index (χ2n) is 7.76. The molecule has 2 heterocycles. The van der Waals surface area contributed by atoms with Gasteiger partial charge in [0.05, 0.1) is 5.56 Å². The summed E-state index contributed by atoms with van der Waals surface area (Å²) in [6, 6.07) is 14.5. The number of benzene rings is 1. The van der Waals surface area contributed by atoms with Crippen LogP contribution in [0.2, 0.25) is 0 Å². The van der Waals surface area contributed by atoms with Crippen LogP contribution in [-0.2, 0) is 0 Å². The fourth-order valence-corrected chi connectivity index (χ4v) is 3.90. The van der Waals surface area contributed by atoms with Crippen LogP contribution in [0.3, 0.4) is 0 Å². The molecule has 158 valence electrons. The minimum atomic E-state index is 0.531. The van der Waals surface area contributed by atoms with Crippen molar-refractivity contribution in [3.63, 3.8) is 0 Å². The summed E-state index contributed by atoms with van der Waals surface area (Å²) in [5, 5.41) is 10.4. The molecule has 0 atom stereocenters. The number of rotatable bonds is 5. The molecule has 0 aliphatic heterocycles. The second-order valence-corrected chi connectivity index (χ2v) is 7.76. The average molecular weight is 420 g/mol. The summed E-state index contributed by atoms with van der Waals surface area (Å²) in [7, 11) is 1.79. The van der Waals surface area contributed by atoms with Crippen LogP contribution in [0.25, 0.3) is 28.0 Å². The summed E-state index contributed by atoms with van der Waals surface area (Å²) < 4.78 is 6.42. The molecule has 0 bridgehead atoms. The molecule has 0 radical (unpaired) electrons. The highest BCUT2D eigenvalue weighted by Gasteiger charge is 2.13. The molecule has 0 unspecified atom stereocenters. The Morgan fingerprint density at radius 2 is 2.00 bits per heavy atom. The van der Waals surface area contributed by atoms with Gasteiger partial charge in [-0.15, -0.1) is 0 Å². The lowest BCUT2D eigenvalue weighted by atomic mass is 10.0. The van der Waals surface area contributed by atoms with E-state index in [0.29, 0.717) is 5.56 Å². The number of nitriles is 1. The highest BCUT2D eigenvalue weighted by molar-refractivity contribution is 6.09. The molecule has 0 spiro atoms. The van der Waals surface area contributed by atoms with Crippen LogP contribution in [0.1, 0.15) is 43.4 Å². The number of fused-ring (bicyclic) bond motifs is 1. The summed E-state index contributed by atoms with van der Waals surface area (Å²) in [6.07, 6.45) is 13.4. The fourth-order valence-electron chi connectivity index (χ4n) is 3.90. The largest absolute Gasteiger partial charge is 0.455 e. The van der Waals surface area contributed by atoms with E-state index < -0.39 is 0 Å². The number of aliphatic imine (C=N–C) groups is 1. The Labute approximate surface area is 188 Å². The third kappa shape index (κ3) is 4.24. The average Bonchev–Trinajstić information content (AvgIpc) is 3.20. The zero-order chi connectivity index (χ0) is 22.5. The molecule has 2 aromatic heterocycles. The normalized spacial score (nSPS) is 13.9. The molecule has 0 saturated heterocycles. The van der Waals surface area contributed by atoms with Crippen LogP contribution >= 0.6 is 0 Å². The van der Waals surface area contributed by atoms with E-state index in [1.54, 1.807) is 19.4 Å². The number of pyridine rings is 1. The van der Waals surface area contributed by atoms with Gasteiger partial charge in [-0.1, -0.05) is 55.0 Å². The van der Waals surface area contributed by atoms with E-state index in [1.807, 2.05) is 12.3 Å². The molecule has 4 nitrogen and oxygen atoms in total. The SMILES string of the molecule is CC/C=C(\C=NC)c1ccc(-c2cc3c(o2)=C(c2cncc(C#N)c2)C=CCC=3C)cc1. The highest BCUT2D eigenvalue weighted by atomic mass is 16.3. The molecule has 32 heavy (non-hydrogen) atoms. The zero-order valence-corrected chi connectivity index (χ0v) is 18.6. The zero-order valence-electron chi connectivity index (χ0n) is 18.6. The van der Waals surface area contributed by atoms with Gasteiger partial charge >= 0.3 is 0 Å². The first-order valence-electron chi connectivity index (χ1n) is 10.7. The quantitative estimate of drug-likeness (QED) is 0.545. The Hall–Kier alpha value is -3.97. The van der Waals surface area contributed by atoms with E-state index in [0.717, 1.165) is 57.1 Å². The lowest BCUT2D eigenvalue weighted by Gasteiger charge is -2.04. The number of furan rings is 1. The minimum Gasteiger partial charge on any atom is -0.455 e. The van der Waals surface area contributed by atoms with Crippen LogP contribution in [-0.4, -0.2) is 18.2 Å². The van der Waals surface area contributed by atoms with E-state index in [4.69, 9.17) is 4.42 Å². The maximum atomic E-state index is 9.28. The van der Waals surface area contributed by atoms with Crippen LogP contribution in [0.5, 0.6) is 0 Å². The van der Waals surface area contributed by atoms with Crippen molar-refractivity contribution in [1.29, 1.82) is 5.26 Å². The van der Waals surface area contributed by atoms with Gasteiger partial charge in [0, 0.05) is 47.6 Å². The van der Waals surface area contributed by atoms with Crippen molar-refractivity contribution in [3.8, 4) is 17.4 Å². The van der Waals surface area contributed by atoms with E-state index in [-0.39, 0.29) is 0 Å². The highest BCUT2D eigenvalue weighted by Crippen LogP contribution is 2.23. The molecule has 0 N–H and O–H groups in total. The smallest absolute Gasteiger partial charge is 0.142 e. The molecule has 0 amide bonds. The Morgan fingerprint density at radius 3 is 2.72 bits per heavy atom. The molecular formula is C28H25N3O. The van der Waals surface area contributed by atoms with E-state index >= 15 is 0 Å². The molecule has 1 aliphatic carbocycles. The molecule has 3 aromatic rings. The van der Waals surface area contributed by atoms with Crippen molar-refractivity contribution in [3.05, 3.63) is 94.3 Å². The molecule has 0 fully saturated rings. The van der Waals surface area contributed by atoms with Gasteiger partial charge in [-0.25, -0.2) is 0 Å². The number of allylic oxidation sites excluding steroid dienone is 4. The number of aromatic nitrogens is 1. The first-order valence-corrected chi connectivity index (χ1v) is 10.7. The van der Waals surface area contributed by atoms with Crippen molar-refractivity contribution in [2.45, 2.75) is 26.7 Å². The molecule has 1 aromatic carbocycles. The van der Waals surface area contributed by atoms with Gasteiger partial charge in [-0.05, 0) is 43.0 Å². The van der Waals surface area contributed by atoms with E-state index in [9.17, 15) is 5.26 Å². The predicted octanol–water partition coefficient (Wildman–Crippen LogP) is 5.04. The Bertz CT molecular complexity index is 1390. The van der Waals surface area contributed by atoms with Gasteiger partial charge in [0.1, 0.15) is 17.2 Å². The monoisotopic (exact) mass is 419 g/mol. The standard InChI is InChI=1S/C28H25N3O/c1-4-6-23(17-30-3)21-9-11-22(12-10-21)27-14-26-19(2)7-5-8-25(28(26)32-27)24-13-20(15-29)16-31-18-24/h5-6,8-14,16-18H,4,7H2,1-3H3/b23-6+,30-17?. The summed E-state index contributed by atoms with van der Waals surface area (Å²) in [5.74, 6) is 0.822.